The van der Waals surface area contributed by atoms with Crippen LogP contribution in [0.3, 0.4) is 0 Å². The van der Waals surface area contributed by atoms with Crippen LogP contribution in [-0.4, -0.2) is 30.6 Å². The minimum Gasteiger partial charge on any atom is -0.507 e. The van der Waals surface area contributed by atoms with Crippen molar-refractivity contribution >= 4 is 11.6 Å². The number of aromatic carboxylic acids is 1. The quantitative estimate of drug-likeness (QED) is 0.254. The first-order chi connectivity index (χ1) is 18.4. The van der Waals surface area contributed by atoms with Crippen LogP contribution in [0, 0.1) is 0 Å². The monoisotopic (exact) mass is 519 g/mol. The fourth-order valence-corrected chi connectivity index (χ4v) is 4.85. The molecule has 0 spiro atoms. The summed E-state index contributed by atoms with van der Waals surface area (Å²) in [5.74, 6) is -0.875. The van der Waals surface area contributed by atoms with Gasteiger partial charge in [0.2, 0.25) is 0 Å². The number of hydrogen-bond donors (Lipinski definition) is 2. The predicted octanol–water partition coefficient (Wildman–Crippen LogP) is 7.73. The van der Waals surface area contributed by atoms with Crippen LogP contribution >= 0.6 is 0 Å². The summed E-state index contributed by atoms with van der Waals surface area (Å²) < 4.78 is 2.00. The zero-order valence-electron chi connectivity index (χ0n) is 23.1. The molecule has 3 heterocycles. The zero-order valence-corrected chi connectivity index (χ0v) is 23.1. The minimum atomic E-state index is -1.09. The fraction of sp³-hybridized carbons (Fsp3) is 0.242. The van der Waals surface area contributed by atoms with Gasteiger partial charge in [0.1, 0.15) is 22.8 Å². The third-order valence-electron chi connectivity index (χ3n) is 6.98. The summed E-state index contributed by atoms with van der Waals surface area (Å²) in [5.41, 5.74) is 6.42. The Morgan fingerprint density at radius 2 is 1.51 bits per heavy atom. The highest BCUT2D eigenvalue weighted by Gasteiger charge is 2.28. The highest BCUT2D eigenvalue weighted by molar-refractivity contribution is 5.90. The van der Waals surface area contributed by atoms with Gasteiger partial charge in [0.15, 0.2) is 0 Å². The Hall–Kier alpha value is -4.45. The van der Waals surface area contributed by atoms with Crippen LogP contribution in [0.1, 0.15) is 63.2 Å². The van der Waals surface area contributed by atoms with Crippen LogP contribution in [0.4, 0.5) is 0 Å². The van der Waals surface area contributed by atoms with E-state index >= 15 is 0 Å². The molecule has 0 fully saturated rings. The van der Waals surface area contributed by atoms with Crippen molar-refractivity contribution in [3.05, 3.63) is 95.8 Å². The maximum Gasteiger partial charge on any atom is 0.354 e. The molecule has 39 heavy (non-hydrogen) atoms. The molecule has 2 aromatic carbocycles. The molecule has 0 atom stereocenters. The molecule has 0 aliphatic heterocycles. The second-order valence-electron chi connectivity index (χ2n) is 11.9. The molecule has 2 N–H and O–H groups in total. The highest BCUT2D eigenvalue weighted by atomic mass is 16.4. The van der Waals surface area contributed by atoms with Crippen molar-refractivity contribution in [2.24, 2.45) is 0 Å². The van der Waals surface area contributed by atoms with E-state index in [2.05, 4.69) is 52.6 Å². The van der Waals surface area contributed by atoms with Gasteiger partial charge < -0.3 is 10.2 Å². The lowest BCUT2D eigenvalue weighted by Crippen LogP contribution is -2.17. The lowest BCUT2D eigenvalue weighted by molar-refractivity contribution is 0.0690. The molecule has 0 amide bonds. The molecular weight excluding hydrogens is 486 g/mol. The van der Waals surface area contributed by atoms with Gasteiger partial charge in [-0.25, -0.2) is 14.8 Å². The number of hydrogen-bond acceptors (Lipinski definition) is 4. The van der Waals surface area contributed by atoms with Crippen molar-refractivity contribution in [1.82, 2.24) is 14.4 Å². The van der Waals surface area contributed by atoms with Gasteiger partial charge in [-0.2, -0.15) is 0 Å². The molecular formula is C33H33N3O3. The smallest absolute Gasteiger partial charge is 0.354 e. The SMILES string of the molecule is CC(C)(C)c1cc(-c2nc3c(-c4cccc(C(=O)O)n4)cccn3c2-c2ccccc2)c(O)c(C(C)(C)C)c1. The molecule has 6 nitrogen and oxygen atoms in total. The van der Waals surface area contributed by atoms with E-state index < -0.39 is 5.97 Å². The number of aromatic nitrogens is 3. The molecule has 0 saturated heterocycles. The summed E-state index contributed by atoms with van der Waals surface area (Å²) in [6, 6.07) is 22.9. The maximum atomic E-state index is 11.7. The van der Waals surface area contributed by atoms with E-state index in [0.717, 1.165) is 22.4 Å². The largest absolute Gasteiger partial charge is 0.507 e. The molecule has 0 aliphatic rings. The molecule has 0 aliphatic carbocycles. The van der Waals surface area contributed by atoms with E-state index in [1.807, 2.05) is 59.1 Å². The van der Waals surface area contributed by atoms with Gasteiger partial charge in [0, 0.05) is 28.5 Å². The Balaban J connectivity index is 1.89. The number of fused-ring (bicyclic) bond motifs is 1. The average molecular weight is 520 g/mol. The number of phenolic OH excluding ortho intramolecular Hbond substituents is 1. The summed E-state index contributed by atoms with van der Waals surface area (Å²) in [6.45, 7) is 12.8. The van der Waals surface area contributed by atoms with Crippen LogP contribution in [-0.2, 0) is 10.8 Å². The number of carbonyl (C=O) groups is 1. The Morgan fingerprint density at radius 1 is 0.795 bits per heavy atom. The molecule has 5 aromatic rings. The summed E-state index contributed by atoms with van der Waals surface area (Å²) >= 11 is 0. The second-order valence-corrected chi connectivity index (χ2v) is 11.9. The van der Waals surface area contributed by atoms with Gasteiger partial charge in [-0.1, -0.05) is 84.0 Å². The van der Waals surface area contributed by atoms with Crippen molar-refractivity contribution in [1.29, 1.82) is 0 Å². The van der Waals surface area contributed by atoms with E-state index in [1.165, 1.54) is 6.07 Å². The highest BCUT2D eigenvalue weighted by Crippen LogP contribution is 2.45. The van der Waals surface area contributed by atoms with Crippen molar-refractivity contribution < 1.29 is 15.0 Å². The van der Waals surface area contributed by atoms with Gasteiger partial charge in [-0.3, -0.25) is 4.40 Å². The topological polar surface area (TPSA) is 87.7 Å². The van der Waals surface area contributed by atoms with Crippen LogP contribution in [0.2, 0.25) is 0 Å². The first-order valence-electron chi connectivity index (χ1n) is 13.0. The molecule has 3 aromatic heterocycles. The van der Waals surface area contributed by atoms with Gasteiger partial charge in [0.05, 0.1) is 11.4 Å². The third kappa shape index (κ3) is 4.78. The number of pyridine rings is 2. The van der Waals surface area contributed by atoms with Crippen LogP contribution in [0.5, 0.6) is 5.75 Å². The Labute approximate surface area is 228 Å². The molecule has 0 radical (unpaired) electrons. The van der Waals surface area contributed by atoms with Gasteiger partial charge in [-0.15, -0.1) is 0 Å². The summed E-state index contributed by atoms with van der Waals surface area (Å²) in [6.07, 6.45) is 1.94. The van der Waals surface area contributed by atoms with E-state index in [-0.39, 0.29) is 22.3 Å². The zero-order chi connectivity index (χ0) is 28.1. The van der Waals surface area contributed by atoms with Crippen molar-refractivity contribution in [2.45, 2.75) is 52.4 Å². The first-order valence-corrected chi connectivity index (χ1v) is 13.0. The lowest BCUT2D eigenvalue weighted by atomic mass is 9.78. The number of rotatable bonds is 4. The van der Waals surface area contributed by atoms with E-state index in [0.29, 0.717) is 28.2 Å². The molecule has 5 rings (SSSR count). The lowest BCUT2D eigenvalue weighted by Gasteiger charge is -2.27. The van der Waals surface area contributed by atoms with Gasteiger partial charge >= 0.3 is 5.97 Å². The number of carboxylic acids is 1. The minimum absolute atomic E-state index is 0.0325. The number of phenols is 1. The standard InChI is InChI=1S/C33H33N3O3/c1-32(2,3)21-18-23(29(37)24(19-21)33(4,5)6)27-28(20-12-8-7-9-13-20)36-17-11-14-22(30(36)35-27)25-15-10-16-26(34-25)31(38)39/h7-19,37H,1-6H3,(H,38,39). The number of aromatic hydroxyl groups is 1. The number of benzene rings is 2. The third-order valence-corrected chi connectivity index (χ3v) is 6.98. The van der Waals surface area contributed by atoms with Crippen LogP contribution in [0.25, 0.3) is 39.4 Å². The first kappa shape index (κ1) is 26.2. The summed E-state index contributed by atoms with van der Waals surface area (Å²) in [4.78, 5) is 21.1. The predicted molar refractivity (Wildman–Crippen MR) is 155 cm³/mol. The van der Waals surface area contributed by atoms with Crippen molar-refractivity contribution in [2.75, 3.05) is 0 Å². The number of nitrogens with zero attached hydrogens (tertiary/aromatic N) is 3. The molecule has 0 saturated carbocycles. The van der Waals surface area contributed by atoms with Gasteiger partial charge in [-0.05, 0) is 46.7 Å². The molecule has 6 heteroatoms. The Morgan fingerprint density at radius 3 is 2.15 bits per heavy atom. The second kappa shape index (κ2) is 9.38. The summed E-state index contributed by atoms with van der Waals surface area (Å²) in [7, 11) is 0. The van der Waals surface area contributed by atoms with Gasteiger partial charge in [0.25, 0.3) is 0 Å². The van der Waals surface area contributed by atoms with E-state index in [1.54, 1.807) is 12.1 Å². The fourth-order valence-electron chi connectivity index (χ4n) is 4.85. The Bertz CT molecular complexity index is 1700. The maximum absolute atomic E-state index is 11.7. The molecule has 0 unspecified atom stereocenters. The molecule has 198 valence electrons. The summed E-state index contributed by atoms with van der Waals surface area (Å²) in [5, 5.41) is 21.2. The van der Waals surface area contributed by atoms with Crippen molar-refractivity contribution in [3.8, 4) is 39.5 Å². The number of imidazole rings is 1. The number of carboxylic acid groups (broad SMARTS) is 1. The Kier molecular flexibility index (Phi) is 6.30. The normalized spacial score (nSPS) is 12.2. The molecule has 0 bridgehead atoms. The van der Waals surface area contributed by atoms with Crippen LogP contribution < -0.4 is 0 Å². The van der Waals surface area contributed by atoms with Crippen molar-refractivity contribution in [3.63, 3.8) is 0 Å². The van der Waals surface area contributed by atoms with Crippen LogP contribution in [0.15, 0.2) is 79.0 Å². The van der Waals surface area contributed by atoms with E-state index in [4.69, 9.17) is 4.98 Å². The average Bonchev–Trinajstić information content (AvgIpc) is 3.27. The van der Waals surface area contributed by atoms with E-state index in [9.17, 15) is 15.0 Å².